The summed E-state index contributed by atoms with van der Waals surface area (Å²) in [4.78, 5) is 3.24. The van der Waals surface area contributed by atoms with E-state index >= 15 is 0 Å². The van der Waals surface area contributed by atoms with Crippen molar-refractivity contribution in [3.63, 3.8) is 0 Å². The van der Waals surface area contributed by atoms with E-state index in [1.54, 1.807) is 12.1 Å². The first-order chi connectivity index (χ1) is 11.8. The van der Waals surface area contributed by atoms with Crippen molar-refractivity contribution in [3.05, 3.63) is 65.2 Å². The molecule has 1 heterocycles. The number of rotatable bonds is 5. The molecule has 0 saturated carbocycles. The highest BCUT2D eigenvalue weighted by atomic mass is 32.2. The Balaban J connectivity index is 1.86. The highest BCUT2D eigenvalue weighted by Gasteiger charge is 2.23. The average Bonchev–Trinajstić information content (AvgIpc) is 2.91. The Morgan fingerprint density at radius 1 is 1.04 bits per heavy atom. The molecule has 3 aromatic rings. The molecule has 0 bridgehead atoms. The number of nitrogens with one attached hydrogen (secondary N) is 2. The molecule has 9 heteroatoms. The third-order valence-corrected chi connectivity index (χ3v) is 5.48. The summed E-state index contributed by atoms with van der Waals surface area (Å²) in [6.45, 7) is 1.86. The van der Waals surface area contributed by atoms with Crippen molar-refractivity contribution in [3.8, 4) is 0 Å². The quantitative estimate of drug-likeness (QED) is 0.692. The number of nitrogens with zero attached hydrogens (tertiary/aromatic N) is 1. The van der Waals surface area contributed by atoms with Crippen molar-refractivity contribution in [1.29, 1.82) is 0 Å². The normalized spacial score (nSPS) is 11.3. The van der Waals surface area contributed by atoms with Crippen LogP contribution in [0.4, 0.5) is 25.3 Å². The van der Waals surface area contributed by atoms with Crippen molar-refractivity contribution in [2.75, 3.05) is 10.0 Å². The van der Waals surface area contributed by atoms with Crippen molar-refractivity contribution in [1.82, 2.24) is 4.98 Å². The molecule has 2 N–H and O–H groups in total. The van der Waals surface area contributed by atoms with Gasteiger partial charge in [0, 0.05) is 11.1 Å². The van der Waals surface area contributed by atoms with E-state index in [2.05, 4.69) is 15.0 Å². The first-order valence-corrected chi connectivity index (χ1v) is 9.47. The van der Waals surface area contributed by atoms with Gasteiger partial charge in [0.1, 0.15) is 11.6 Å². The minimum Gasteiger partial charge on any atom is -0.331 e. The van der Waals surface area contributed by atoms with Crippen molar-refractivity contribution in [2.45, 2.75) is 11.8 Å². The largest absolute Gasteiger partial charge is 0.331 e. The van der Waals surface area contributed by atoms with Crippen LogP contribution in [0.3, 0.4) is 0 Å². The highest BCUT2D eigenvalue weighted by molar-refractivity contribution is 7.92. The number of aromatic nitrogens is 1. The molecule has 3 rings (SSSR count). The second kappa shape index (κ2) is 6.77. The van der Waals surface area contributed by atoms with E-state index in [0.29, 0.717) is 10.8 Å². The Morgan fingerprint density at radius 3 is 2.32 bits per heavy atom. The Labute approximate surface area is 147 Å². The molecule has 25 heavy (non-hydrogen) atoms. The molecule has 5 nitrogen and oxygen atoms in total. The number of thiazole rings is 1. The molecule has 0 amide bonds. The van der Waals surface area contributed by atoms with Gasteiger partial charge >= 0.3 is 0 Å². The maximum Gasteiger partial charge on any atom is 0.267 e. The minimum absolute atomic E-state index is 0.168. The van der Waals surface area contributed by atoms with Crippen LogP contribution in [-0.4, -0.2) is 13.4 Å². The van der Waals surface area contributed by atoms with Crippen LogP contribution >= 0.6 is 11.3 Å². The number of sulfonamides is 1. The van der Waals surface area contributed by atoms with E-state index in [-0.39, 0.29) is 5.69 Å². The van der Waals surface area contributed by atoms with E-state index in [1.807, 2.05) is 12.3 Å². The lowest BCUT2D eigenvalue weighted by molar-refractivity contribution is 0.521. The Hall–Kier alpha value is -2.52. The van der Waals surface area contributed by atoms with Crippen LogP contribution in [0.5, 0.6) is 0 Å². The average molecular weight is 381 g/mol. The van der Waals surface area contributed by atoms with Crippen LogP contribution in [0.2, 0.25) is 0 Å². The zero-order chi connectivity index (χ0) is 18.0. The SMILES string of the molecule is Cc1csc(Nc2cccc(NS(=O)(=O)c3c(F)cccc3F)c2)n1. The second-order valence-electron chi connectivity index (χ2n) is 5.16. The fourth-order valence-electron chi connectivity index (χ4n) is 2.14. The summed E-state index contributed by atoms with van der Waals surface area (Å²) in [5.41, 5.74) is 1.61. The number of aryl methyl sites for hydroxylation is 1. The predicted octanol–water partition coefficient (Wildman–Crippen LogP) is 4.27. The molecule has 2 aromatic carbocycles. The molecule has 0 saturated heterocycles. The number of hydrogen-bond acceptors (Lipinski definition) is 5. The minimum atomic E-state index is -4.40. The lowest BCUT2D eigenvalue weighted by Gasteiger charge is -2.11. The van der Waals surface area contributed by atoms with Gasteiger partial charge in [0.25, 0.3) is 10.0 Å². The Morgan fingerprint density at radius 2 is 1.68 bits per heavy atom. The Bertz CT molecular complexity index is 999. The Kier molecular flexibility index (Phi) is 4.69. The molecule has 0 aliphatic heterocycles. The van der Waals surface area contributed by atoms with Gasteiger partial charge in [-0.15, -0.1) is 11.3 Å². The van der Waals surface area contributed by atoms with Gasteiger partial charge < -0.3 is 5.32 Å². The van der Waals surface area contributed by atoms with Crippen LogP contribution in [0.1, 0.15) is 5.69 Å². The molecule has 0 fully saturated rings. The van der Waals surface area contributed by atoms with E-state index < -0.39 is 26.6 Å². The molecule has 0 spiro atoms. The van der Waals surface area contributed by atoms with Gasteiger partial charge in [0.05, 0.1) is 11.4 Å². The van der Waals surface area contributed by atoms with Gasteiger partial charge in [-0.05, 0) is 37.3 Å². The molecule has 130 valence electrons. The first kappa shape index (κ1) is 17.3. The summed E-state index contributed by atoms with van der Waals surface area (Å²) in [5.74, 6) is -2.31. The predicted molar refractivity (Wildman–Crippen MR) is 93.7 cm³/mol. The third-order valence-electron chi connectivity index (χ3n) is 3.17. The molecule has 0 unspecified atom stereocenters. The zero-order valence-electron chi connectivity index (χ0n) is 13.0. The summed E-state index contributed by atoms with van der Waals surface area (Å²) in [6, 6.07) is 9.20. The van der Waals surface area contributed by atoms with Crippen LogP contribution in [-0.2, 0) is 10.0 Å². The lowest BCUT2D eigenvalue weighted by Crippen LogP contribution is -2.16. The molecule has 0 aliphatic rings. The van der Waals surface area contributed by atoms with Gasteiger partial charge in [-0.25, -0.2) is 22.2 Å². The molecule has 0 atom stereocenters. The standard InChI is InChI=1S/C16H13F2N3O2S2/c1-10-9-24-16(19-10)20-11-4-2-5-12(8-11)21-25(22,23)15-13(17)6-3-7-14(15)18/h2-9,21H,1H3,(H,19,20). The lowest BCUT2D eigenvalue weighted by atomic mass is 10.3. The maximum absolute atomic E-state index is 13.7. The fraction of sp³-hybridized carbons (Fsp3) is 0.0625. The number of hydrogen-bond donors (Lipinski definition) is 2. The smallest absolute Gasteiger partial charge is 0.267 e. The van der Waals surface area contributed by atoms with Crippen molar-refractivity contribution >= 4 is 37.9 Å². The van der Waals surface area contributed by atoms with Gasteiger partial charge in [-0.1, -0.05) is 12.1 Å². The maximum atomic E-state index is 13.7. The second-order valence-corrected chi connectivity index (χ2v) is 7.63. The van der Waals surface area contributed by atoms with Crippen LogP contribution in [0.15, 0.2) is 52.7 Å². The van der Waals surface area contributed by atoms with E-state index in [1.165, 1.54) is 23.5 Å². The summed E-state index contributed by atoms with van der Waals surface area (Å²) >= 11 is 1.40. The fourth-order valence-corrected chi connectivity index (χ4v) is 4.04. The van der Waals surface area contributed by atoms with Crippen molar-refractivity contribution < 1.29 is 17.2 Å². The molecule has 0 radical (unpaired) electrons. The van der Waals surface area contributed by atoms with Gasteiger partial charge in [-0.3, -0.25) is 4.72 Å². The van der Waals surface area contributed by atoms with Crippen molar-refractivity contribution in [2.24, 2.45) is 0 Å². The molecule has 1 aromatic heterocycles. The molecular weight excluding hydrogens is 368 g/mol. The van der Waals surface area contributed by atoms with E-state index in [0.717, 1.165) is 23.9 Å². The summed E-state index contributed by atoms with van der Waals surface area (Å²) in [7, 11) is -4.40. The number of anilines is 3. The third kappa shape index (κ3) is 3.94. The summed E-state index contributed by atoms with van der Waals surface area (Å²) in [6.07, 6.45) is 0. The monoisotopic (exact) mass is 381 g/mol. The number of benzene rings is 2. The first-order valence-electron chi connectivity index (χ1n) is 7.11. The number of halogens is 2. The van der Waals surface area contributed by atoms with Gasteiger partial charge in [0.2, 0.25) is 0 Å². The summed E-state index contributed by atoms with van der Waals surface area (Å²) < 4.78 is 54.3. The van der Waals surface area contributed by atoms with Gasteiger partial charge in [-0.2, -0.15) is 0 Å². The topological polar surface area (TPSA) is 71.1 Å². The highest BCUT2D eigenvalue weighted by Crippen LogP contribution is 2.25. The molecule has 0 aliphatic carbocycles. The van der Waals surface area contributed by atoms with Crippen LogP contribution in [0, 0.1) is 18.6 Å². The van der Waals surface area contributed by atoms with Crippen LogP contribution < -0.4 is 10.0 Å². The summed E-state index contributed by atoms with van der Waals surface area (Å²) in [5, 5.41) is 5.56. The molecular formula is C16H13F2N3O2S2. The zero-order valence-corrected chi connectivity index (χ0v) is 14.6. The van der Waals surface area contributed by atoms with E-state index in [4.69, 9.17) is 0 Å². The van der Waals surface area contributed by atoms with E-state index in [9.17, 15) is 17.2 Å². The van der Waals surface area contributed by atoms with Gasteiger partial charge in [0.15, 0.2) is 10.0 Å². The van der Waals surface area contributed by atoms with Crippen LogP contribution in [0.25, 0.3) is 0 Å².